The van der Waals surface area contributed by atoms with Gasteiger partial charge in [-0.15, -0.1) is 19.0 Å². The maximum Gasteiger partial charge on any atom is 0.124 e. The van der Waals surface area contributed by atoms with Crippen molar-refractivity contribution in [3.8, 4) is 11.5 Å². The van der Waals surface area contributed by atoms with Crippen LogP contribution in [0.15, 0.2) is 30.4 Å². The first-order valence-corrected chi connectivity index (χ1v) is 4.81. The highest BCUT2D eigenvalue weighted by atomic mass is 35.5. The van der Waals surface area contributed by atoms with Crippen molar-refractivity contribution in [2.45, 2.75) is 19.4 Å². The summed E-state index contributed by atoms with van der Waals surface area (Å²) in [4.78, 5) is 0. The predicted octanol–water partition coefficient (Wildman–Crippen LogP) is 2.79. The van der Waals surface area contributed by atoms with Gasteiger partial charge in [0.1, 0.15) is 11.5 Å². The number of halogens is 1. The second-order valence-electron chi connectivity index (χ2n) is 3.69. The first kappa shape index (κ1) is 14.8. The number of aromatic hydroxyl groups is 1. The lowest BCUT2D eigenvalue weighted by atomic mass is 10.0. The van der Waals surface area contributed by atoms with Crippen molar-refractivity contribution in [3.63, 3.8) is 0 Å². The van der Waals surface area contributed by atoms with Gasteiger partial charge in [-0.25, -0.2) is 0 Å². The lowest BCUT2D eigenvalue weighted by Gasteiger charge is -2.14. The lowest BCUT2D eigenvalue weighted by molar-refractivity contribution is 0.405. The first-order valence-electron chi connectivity index (χ1n) is 4.81. The summed E-state index contributed by atoms with van der Waals surface area (Å²) in [5.74, 6) is 0.793. The molecule has 0 amide bonds. The molecule has 0 radical (unpaired) electrons. The summed E-state index contributed by atoms with van der Waals surface area (Å²) in [6.07, 6.45) is 0.667. The van der Waals surface area contributed by atoms with Crippen molar-refractivity contribution in [2.75, 3.05) is 7.11 Å². The van der Waals surface area contributed by atoms with E-state index in [4.69, 9.17) is 10.5 Å². The van der Waals surface area contributed by atoms with E-state index in [9.17, 15) is 5.11 Å². The molecule has 0 aliphatic rings. The third-order valence-corrected chi connectivity index (χ3v) is 2.21. The van der Waals surface area contributed by atoms with Crippen molar-refractivity contribution >= 4 is 12.4 Å². The number of methoxy groups -OCH3 is 1. The van der Waals surface area contributed by atoms with E-state index in [2.05, 4.69) is 6.58 Å². The molecule has 1 rings (SSSR count). The highest BCUT2D eigenvalue weighted by Gasteiger charge is 2.11. The van der Waals surface area contributed by atoms with Gasteiger partial charge in [0.05, 0.1) is 7.11 Å². The monoisotopic (exact) mass is 243 g/mol. The largest absolute Gasteiger partial charge is 0.507 e. The van der Waals surface area contributed by atoms with E-state index >= 15 is 0 Å². The highest BCUT2D eigenvalue weighted by Crippen LogP contribution is 2.29. The van der Waals surface area contributed by atoms with Crippen LogP contribution in [0.5, 0.6) is 11.5 Å². The van der Waals surface area contributed by atoms with Crippen LogP contribution in [0.4, 0.5) is 0 Å². The van der Waals surface area contributed by atoms with Gasteiger partial charge < -0.3 is 15.6 Å². The number of hydrogen-bond donors (Lipinski definition) is 2. The Kier molecular flexibility index (Phi) is 5.93. The van der Waals surface area contributed by atoms with Crippen LogP contribution >= 0.6 is 12.4 Å². The summed E-state index contributed by atoms with van der Waals surface area (Å²) in [6.45, 7) is 5.71. The zero-order chi connectivity index (χ0) is 11.4. The molecule has 1 atom stereocenters. The molecular weight excluding hydrogens is 226 g/mol. The van der Waals surface area contributed by atoms with Gasteiger partial charge in [-0.1, -0.05) is 11.6 Å². The number of ether oxygens (including phenoxy) is 1. The summed E-state index contributed by atoms with van der Waals surface area (Å²) < 4.78 is 4.99. The minimum absolute atomic E-state index is 0. The molecule has 0 bridgehead atoms. The Bertz CT molecular complexity index is 366. The van der Waals surface area contributed by atoms with E-state index in [0.717, 1.165) is 11.1 Å². The fourth-order valence-electron chi connectivity index (χ4n) is 1.45. The van der Waals surface area contributed by atoms with E-state index in [-0.39, 0.29) is 24.2 Å². The van der Waals surface area contributed by atoms with E-state index in [1.807, 2.05) is 6.92 Å². The van der Waals surface area contributed by atoms with Gasteiger partial charge in [0.15, 0.2) is 0 Å². The van der Waals surface area contributed by atoms with Crippen LogP contribution in [0.3, 0.4) is 0 Å². The van der Waals surface area contributed by atoms with Crippen LogP contribution in [0, 0.1) is 0 Å². The van der Waals surface area contributed by atoms with Gasteiger partial charge in [0.25, 0.3) is 0 Å². The van der Waals surface area contributed by atoms with Gasteiger partial charge in [-0.2, -0.15) is 0 Å². The summed E-state index contributed by atoms with van der Waals surface area (Å²) in [6, 6.07) is 4.91. The Labute approximate surface area is 102 Å². The molecule has 0 saturated carbocycles. The molecule has 0 saturated heterocycles. The van der Waals surface area contributed by atoms with Crippen molar-refractivity contribution in [2.24, 2.45) is 5.73 Å². The fourth-order valence-corrected chi connectivity index (χ4v) is 1.45. The molecule has 0 heterocycles. The molecule has 3 nitrogen and oxygen atoms in total. The Morgan fingerprint density at radius 2 is 2.19 bits per heavy atom. The molecule has 1 aromatic rings. The van der Waals surface area contributed by atoms with Crippen LogP contribution < -0.4 is 10.5 Å². The number of phenols is 1. The number of rotatable bonds is 4. The van der Waals surface area contributed by atoms with Crippen molar-refractivity contribution < 1.29 is 9.84 Å². The highest BCUT2D eigenvalue weighted by molar-refractivity contribution is 5.85. The van der Waals surface area contributed by atoms with Crippen molar-refractivity contribution in [1.29, 1.82) is 0 Å². The van der Waals surface area contributed by atoms with E-state index < -0.39 is 0 Å². The van der Waals surface area contributed by atoms with Crippen molar-refractivity contribution in [1.82, 2.24) is 0 Å². The maximum atomic E-state index is 9.72. The standard InChI is InChI=1S/C12H17NO2.ClH/c1-8(2)6-11(13)10-5-4-9(15-3)7-12(10)14;/h4-5,7,11,14H,1,6,13H2,2-3H3;1H/t11-;/m1./s1. The molecule has 0 aliphatic carbocycles. The maximum absolute atomic E-state index is 9.72. The molecule has 0 aromatic heterocycles. The van der Waals surface area contributed by atoms with E-state index in [0.29, 0.717) is 12.2 Å². The van der Waals surface area contributed by atoms with Gasteiger partial charge in [0.2, 0.25) is 0 Å². The van der Waals surface area contributed by atoms with E-state index in [1.165, 1.54) is 0 Å². The molecular formula is C12H18ClNO2. The number of phenolic OH excluding ortho intramolecular Hbond substituents is 1. The van der Waals surface area contributed by atoms with Crippen LogP contribution in [-0.4, -0.2) is 12.2 Å². The van der Waals surface area contributed by atoms with E-state index in [1.54, 1.807) is 25.3 Å². The number of nitrogens with two attached hydrogens (primary N) is 1. The Hall–Kier alpha value is -1.19. The van der Waals surface area contributed by atoms with Gasteiger partial charge in [-0.3, -0.25) is 0 Å². The smallest absolute Gasteiger partial charge is 0.124 e. The number of benzene rings is 1. The predicted molar refractivity (Wildman–Crippen MR) is 68.3 cm³/mol. The third kappa shape index (κ3) is 3.76. The zero-order valence-electron chi connectivity index (χ0n) is 9.56. The first-order chi connectivity index (χ1) is 7.04. The summed E-state index contributed by atoms with van der Waals surface area (Å²) >= 11 is 0. The second-order valence-corrected chi connectivity index (χ2v) is 3.69. The molecule has 0 fully saturated rings. The molecule has 16 heavy (non-hydrogen) atoms. The zero-order valence-corrected chi connectivity index (χ0v) is 10.4. The Morgan fingerprint density at radius 3 is 2.62 bits per heavy atom. The summed E-state index contributed by atoms with van der Waals surface area (Å²) in [7, 11) is 1.56. The summed E-state index contributed by atoms with van der Waals surface area (Å²) in [5.41, 5.74) is 7.65. The molecule has 4 heteroatoms. The van der Waals surface area contributed by atoms with Gasteiger partial charge >= 0.3 is 0 Å². The van der Waals surface area contributed by atoms with Crippen LogP contribution in [-0.2, 0) is 0 Å². The van der Waals surface area contributed by atoms with Crippen molar-refractivity contribution in [3.05, 3.63) is 35.9 Å². The molecule has 1 aromatic carbocycles. The average molecular weight is 244 g/mol. The molecule has 0 aliphatic heterocycles. The third-order valence-electron chi connectivity index (χ3n) is 2.21. The molecule has 3 N–H and O–H groups in total. The fraction of sp³-hybridized carbons (Fsp3) is 0.333. The SMILES string of the molecule is C=C(C)C[C@@H](N)c1ccc(OC)cc1O.Cl. The van der Waals surface area contributed by atoms with Crippen LogP contribution in [0.2, 0.25) is 0 Å². The minimum Gasteiger partial charge on any atom is -0.507 e. The minimum atomic E-state index is -0.214. The van der Waals surface area contributed by atoms with Crippen LogP contribution in [0.1, 0.15) is 24.9 Å². The quantitative estimate of drug-likeness (QED) is 0.800. The topological polar surface area (TPSA) is 55.5 Å². The van der Waals surface area contributed by atoms with Gasteiger partial charge in [-0.05, 0) is 19.4 Å². The molecule has 0 spiro atoms. The normalized spacial score (nSPS) is 11.4. The lowest BCUT2D eigenvalue weighted by Crippen LogP contribution is -2.10. The van der Waals surface area contributed by atoms with Crippen LogP contribution in [0.25, 0.3) is 0 Å². The van der Waals surface area contributed by atoms with Gasteiger partial charge in [0, 0.05) is 17.7 Å². The Balaban J connectivity index is 0.00000225. The molecule has 90 valence electrons. The average Bonchev–Trinajstić information content (AvgIpc) is 2.16. The Morgan fingerprint density at radius 1 is 1.56 bits per heavy atom. The summed E-state index contributed by atoms with van der Waals surface area (Å²) in [5, 5.41) is 9.72. The second kappa shape index (κ2) is 6.40. The molecule has 0 unspecified atom stereocenters. The number of hydrogen-bond acceptors (Lipinski definition) is 3.